The highest BCUT2D eigenvalue weighted by atomic mass is 16.4. The Balaban J connectivity index is 2.52. The summed E-state index contributed by atoms with van der Waals surface area (Å²) in [5.74, 6) is 0.615. The molecule has 0 saturated carbocycles. The lowest BCUT2D eigenvalue weighted by Crippen LogP contribution is -2.14. The predicted octanol–water partition coefficient (Wildman–Crippen LogP) is 1.95. The largest absolute Gasteiger partial charge is 0.406 e. The van der Waals surface area contributed by atoms with Crippen LogP contribution in [0.4, 0.5) is 6.01 Å². The maximum atomic E-state index is 5.46. The minimum atomic E-state index is 0.0922. The van der Waals surface area contributed by atoms with Crippen molar-refractivity contribution < 1.29 is 4.42 Å². The van der Waals surface area contributed by atoms with Gasteiger partial charge in [-0.05, 0) is 27.3 Å². The van der Waals surface area contributed by atoms with E-state index in [1.54, 1.807) is 0 Å². The van der Waals surface area contributed by atoms with Crippen molar-refractivity contribution in [2.75, 3.05) is 12.4 Å². The van der Waals surface area contributed by atoms with Crippen LogP contribution >= 0.6 is 0 Å². The molecule has 1 heterocycles. The van der Waals surface area contributed by atoms with Crippen LogP contribution in [-0.4, -0.2) is 23.3 Å². The number of rotatable bonds is 6. The average Bonchev–Trinajstić information content (AvgIpc) is 2.65. The van der Waals surface area contributed by atoms with Crippen molar-refractivity contribution in [3.8, 4) is 0 Å². The fourth-order valence-electron chi connectivity index (χ4n) is 1.31. The standard InChI is InChI=1S/C10H20N4O/c1-5-6-7(2)12-10-14-13-9(15-10)8(3)11-4/h7-8,11H,5-6H2,1-4H3,(H,12,14). The van der Waals surface area contributed by atoms with Gasteiger partial charge in [-0.3, -0.25) is 0 Å². The molecule has 1 aromatic rings. The number of nitrogens with one attached hydrogen (secondary N) is 2. The van der Waals surface area contributed by atoms with Crippen molar-refractivity contribution >= 4 is 6.01 Å². The molecule has 2 unspecified atom stereocenters. The second-order valence-corrected chi connectivity index (χ2v) is 3.79. The summed E-state index contributed by atoms with van der Waals surface area (Å²) in [4.78, 5) is 0. The average molecular weight is 212 g/mol. The van der Waals surface area contributed by atoms with Crippen LogP contribution in [0.15, 0.2) is 4.42 Å². The first kappa shape index (κ1) is 12.0. The molecule has 0 aliphatic heterocycles. The SMILES string of the molecule is CCCC(C)Nc1nnc(C(C)NC)o1. The number of nitrogens with zero attached hydrogens (tertiary/aromatic N) is 2. The van der Waals surface area contributed by atoms with E-state index in [1.807, 2.05) is 14.0 Å². The minimum Gasteiger partial charge on any atom is -0.406 e. The minimum absolute atomic E-state index is 0.0922. The van der Waals surface area contributed by atoms with E-state index in [2.05, 4.69) is 34.7 Å². The van der Waals surface area contributed by atoms with Crippen LogP contribution in [0.3, 0.4) is 0 Å². The Morgan fingerprint density at radius 2 is 2.07 bits per heavy atom. The van der Waals surface area contributed by atoms with E-state index in [4.69, 9.17) is 4.42 Å². The highest BCUT2D eigenvalue weighted by molar-refractivity contribution is 5.19. The molecule has 5 heteroatoms. The molecule has 1 aromatic heterocycles. The smallest absolute Gasteiger partial charge is 0.315 e. The summed E-state index contributed by atoms with van der Waals surface area (Å²) in [6, 6.07) is 0.968. The molecule has 0 fully saturated rings. The molecule has 0 saturated heterocycles. The van der Waals surface area contributed by atoms with E-state index < -0.39 is 0 Å². The van der Waals surface area contributed by atoms with E-state index in [0.717, 1.165) is 12.8 Å². The summed E-state index contributed by atoms with van der Waals surface area (Å²) < 4.78 is 5.46. The van der Waals surface area contributed by atoms with Crippen LogP contribution in [-0.2, 0) is 0 Å². The predicted molar refractivity (Wildman–Crippen MR) is 59.8 cm³/mol. The fourth-order valence-corrected chi connectivity index (χ4v) is 1.31. The third-order valence-corrected chi connectivity index (χ3v) is 2.34. The van der Waals surface area contributed by atoms with Gasteiger partial charge in [0.2, 0.25) is 5.89 Å². The molecule has 0 aliphatic rings. The number of hydrogen-bond donors (Lipinski definition) is 2. The van der Waals surface area contributed by atoms with Crippen LogP contribution in [0.2, 0.25) is 0 Å². The molecule has 15 heavy (non-hydrogen) atoms. The highest BCUT2D eigenvalue weighted by Gasteiger charge is 2.12. The van der Waals surface area contributed by atoms with Crippen LogP contribution in [0.1, 0.15) is 45.5 Å². The molecule has 0 aromatic carbocycles. The lowest BCUT2D eigenvalue weighted by Gasteiger charge is -2.09. The Labute approximate surface area is 90.7 Å². The molecule has 1 rings (SSSR count). The zero-order valence-electron chi connectivity index (χ0n) is 9.87. The normalized spacial score (nSPS) is 14.9. The topological polar surface area (TPSA) is 63.0 Å². The van der Waals surface area contributed by atoms with Gasteiger partial charge in [0.25, 0.3) is 0 Å². The van der Waals surface area contributed by atoms with Crippen molar-refractivity contribution in [1.82, 2.24) is 15.5 Å². The molecule has 2 N–H and O–H groups in total. The molecule has 0 amide bonds. The first-order valence-electron chi connectivity index (χ1n) is 5.44. The van der Waals surface area contributed by atoms with Crippen molar-refractivity contribution in [2.24, 2.45) is 0 Å². The lowest BCUT2D eigenvalue weighted by molar-refractivity contribution is 0.438. The van der Waals surface area contributed by atoms with Crippen molar-refractivity contribution in [2.45, 2.75) is 45.7 Å². The summed E-state index contributed by atoms with van der Waals surface area (Å²) in [6.07, 6.45) is 2.24. The van der Waals surface area contributed by atoms with E-state index in [9.17, 15) is 0 Å². The Bertz CT molecular complexity index is 287. The van der Waals surface area contributed by atoms with Gasteiger partial charge in [0.1, 0.15) is 0 Å². The Morgan fingerprint density at radius 1 is 1.33 bits per heavy atom. The molecule has 2 atom stereocenters. The lowest BCUT2D eigenvalue weighted by atomic mass is 10.2. The van der Waals surface area contributed by atoms with Gasteiger partial charge in [-0.15, -0.1) is 5.10 Å². The Kier molecular flexibility index (Phi) is 4.55. The zero-order valence-corrected chi connectivity index (χ0v) is 9.87. The molecule has 0 spiro atoms. The van der Waals surface area contributed by atoms with E-state index in [-0.39, 0.29) is 6.04 Å². The fraction of sp³-hybridized carbons (Fsp3) is 0.800. The van der Waals surface area contributed by atoms with Gasteiger partial charge in [-0.2, -0.15) is 0 Å². The molecule has 0 aliphatic carbocycles. The van der Waals surface area contributed by atoms with Crippen molar-refractivity contribution in [3.63, 3.8) is 0 Å². The third-order valence-electron chi connectivity index (χ3n) is 2.34. The summed E-state index contributed by atoms with van der Waals surface area (Å²) in [5.41, 5.74) is 0. The van der Waals surface area contributed by atoms with Crippen LogP contribution < -0.4 is 10.6 Å². The second kappa shape index (κ2) is 5.70. The summed E-state index contributed by atoms with van der Waals surface area (Å²) in [6.45, 7) is 6.24. The van der Waals surface area contributed by atoms with Gasteiger partial charge in [0.15, 0.2) is 0 Å². The van der Waals surface area contributed by atoms with Crippen LogP contribution in [0.5, 0.6) is 0 Å². The van der Waals surface area contributed by atoms with Crippen LogP contribution in [0.25, 0.3) is 0 Å². The van der Waals surface area contributed by atoms with Crippen LogP contribution in [0, 0.1) is 0 Å². The molecule has 5 nitrogen and oxygen atoms in total. The van der Waals surface area contributed by atoms with Gasteiger partial charge in [-0.25, -0.2) is 0 Å². The second-order valence-electron chi connectivity index (χ2n) is 3.79. The maximum absolute atomic E-state index is 5.46. The number of anilines is 1. The highest BCUT2D eigenvalue weighted by Crippen LogP contribution is 2.14. The summed E-state index contributed by atoms with van der Waals surface area (Å²) in [7, 11) is 1.86. The number of hydrogen-bond acceptors (Lipinski definition) is 5. The van der Waals surface area contributed by atoms with E-state index in [1.165, 1.54) is 0 Å². The van der Waals surface area contributed by atoms with Crippen molar-refractivity contribution in [3.05, 3.63) is 5.89 Å². The third kappa shape index (κ3) is 3.51. The molecular formula is C10H20N4O. The van der Waals surface area contributed by atoms with E-state index >= 15 is 0 Å². The van der Waals surface area contributed by atoms with Gasteiger partial charge in [-0.1, -0.05) is 18.4 Å². The number of aromatic nitrogens is 2. The maximum Gasteiger partial charge on any atom is 0.315 e. The van der Waals surface area contributed by atoms with Gasteiger partial charge in [0.05, 0.1) is 6.04 Å². The van der Waals surface area contributed by atoms with Gasteiger partial charge < -0.3 is 15.1 Å². The van der Waals surface area contributed by atoms with Gasteiger partial charge in [0, 0.05) is 6.04 Å². The van der Waals surface area contributed by atoms with E-state index in [0.29, 0.717) is 17.9 Å². The van der Waals surface area contributed by atoms with Gasteiger partial charge >= 0.3 is 6.01 Å². The summed E-state index contributed by atoms with van der Waals surface area (Å²) in [5, 5.41) is 14.1. The Morgan fingerprint density at radius 3 is 2.67 bits per heavy atom. The van der Waals surface area contributed by atoms with Crippen molar-refractivity contribution in [1.29, 1.82) is 0 Å². The summed E-state index contributed by atoms with van der Waals surface area (Å²) >= 11 is 0. The first-order valence-corrected chi connectivity index (χ1v) is 5.44. The molecular weight excluding hydrogens is 192 g/mol. The molecule has 86 valence electrons. The quantitative estimate of drug-likeness (QED) is 0.754. The first-order chi connectivity index (χ1) is 7.17. The zero-order chi connectivity index (χ0) is 11.3. The monoisotopic (exact) mass is 212 g/mol. The Hall–Kier alpha value is -1.10. The molecule has 0 bridgehead atoms. The molecule has 0 radical (unpaired) electrons.